The number of aliphatic hydroxyl groups excluding tert-OH is 4. The van der Waals surface area contributed by atoms with Crippen molar-refractivity contribution in [3.63, 3.8) is 0 Å². The van der Waals surface area contributed by atoms with E-state index in [-0.39, 0.29) is 0 Å². The monoisotopic (exact) mass is 530 g/mol. The van der Waals surface area contributed by atoms with Crippen LogP contribution < -0.4 is 16.2 Å². The summed E-state index contributed by atoms with van der Waals surface area (Å²) in [4.78, 5) is 22.0. The van der Waals surface area contributed by atoms with Gasteiger partial charge in [0.25, 0.3) is 5.91 Å². The highest BCUT2D eigenvalue weighted by atomic mass is 16.4. The Morgan fingerprint density at radius 3 is 1.54 bits per heavy atom. The van der Waals surface area contributed by atoms with Gasteiger partial charge in [-0.3, -0.25) is 4.79 Å². The number of carbonyl (C=O) groups excluding carboxylic acids is 2. The van der Waals surface area contributed by atoms with Crippen LogP contribution >= 0.6 is 0 Å². The zero-order valence-electron chi connectivity index (χ0n) is 23.2. The molecule has 0 aliphatic carbocycles. The van der Waals surface area contributed by atoms with E-state index in [0.717, 1.165) is 19.3 Å². The minimum atomic E-state index is -2.41. The molecule has 0 aromatic heterocycles. The Hall–Kier alpha value is -1.78. The molecule has 0 radical (unpaired) electrons. The van der Waals surface area contributed by atoms with Gasteiger partial charge in [0.05, 0.1) is 12.2 Å². The van der Waals surface area contributed by atoms with Crippen LogP contribution in [0.3, 0.4) is 0 Å². The number of aliphatic hydroxyl groups is 4. The van der Waals surface area contributed by atoms with Gasteiger partial charge in [0, 0.05) is 0 Å². The van der Waals surface area contributed by atoms with E-state index in [1.807, 2.05) is 6.20 Å². The fourth-order valence-corrected chi connectivity index (χ4v) is 3.53. The van der Waals surface area contributed by atoms with Crippen LogP contribution in [0.15, 0.2) is 24.6 Å². The van der Waals surface area contributed by atoms with Crippen LogP contribution in [0.1, 0.15) is 117 Å². The zero-order chi connectivity index (χ0) is 28.3. The third kappa shape index (κ3) is 23.1. The molecule has 9 nitrogen and oxygen atoms in total. The lowest BCUT2D eigenvalue weighted by molar-refractivity contribution is -0.320. The summed E-state index contributed by atoms with van der Waals surface area (Å²) in [6, 6.07) is 0. The molecule has 8 N–H and O–H groups in total. The number of hydrogen-bond acceptors (Lipinski definition) is 7. The fraction of sp³-hybridized carbons (Fsp3) is 0.786. The molecule has 37 heavy (non-hydrogen) atoms. The summed E-state index contributed by atoms with van der Waals surface area (Å²) in [6.07, 6.45) is 18.1. The average Bonchev–Trinajstić information content (AvgIpc) is 2.89. The first-order valence-electron chi connectivity index (χ1n) is 14.1. The Labute approximate surface area is 223 Å². The van der Waals surface area contributed by atoms with Gasteiger partial charge in [0.1, 0.15) is 18.3 Å². The lowest BCUT2D eigenvalue weighted by Crippen LogP contribution is -2.54. The van der Waals surface area contributed by atoms with E-state index < -0.39 is 36.3 Å². The third-order valence-electron chi connectivity index (χ3n) is 5.97. The molecule has 0 aliphatic rings. The first kappa shape index (κ1) is 37.4. The number of nitrogens with one attached hydrogen (secondary N) is 1. The molecule has 0 aromatic carbocycles. The zero-order valence-corrected chi connectivity index (χ0v) is 23.2. The highest BCUT2D eigenvalue weighted by Crippen LogP contribution is 2.09. The Morgan fingerprint density at radius 1 is 0.703 bits per heavy atom. The molecule has 0 saturated carbocycles. The van der Waals surface area contributed by atoms with Crippen molar-refractivity contribution < 1.29 is 40.9 Å². The van der Waals surface area contributed by atoms with Gasteiger partial charge < -0.3 is 41.4 Å². The lowest BCUT2D eigenvalue weighted by atomic mass is 10.0. The summed E-state index contributed by atoms with van der Waals surface area (Å²) in [7, 11) is 0. The van der Waals surface area contributed by atoms with E-state index in [2.05, 4.69) is 31.0 Å². The Bertz CT molecular complexity index is 599. The molecule has 0 aliphatic heterocycles. The lowest BCUT2D eigenvalue weighted by Gasteiger charge is -2.25. The Balaban J connectivity index is 0. The summed E-state index contributed by atoms with van der Waals surface area (Å²) in [5.74, 6) is -3.04. The van der Waals surface area contributed by atoms with Crippen molar-refractivity contribution in [1.82, 2.24) is 5.32 Å². The van der Waals surface area contributed by atoms with E-state index in [1.54, 1.807) is 6.08 Å². The molecule has 1 amide bonds. The van der Waals surface area contributed by atoms with Crippen molar-refractivity contribution in [1.29, 1.82) is 0 Å². The van der Waals surface area contributed by atoms with E-state index in [4.69, 9.17) is 5.11 Å². The highest BCUT2D eigenvalue weighted by molar-refractivity contribution is 5.82. The second-order valence-electron chi connectivity index (χ2n) is 9.39. The van der Waals surface area contributed by atoms with Gasteiger partial charge in [-0.2, -0.15) is 0 Å². The van der Waals surface area contributed by atoms with Gasteiger partial charge in [-0.25, -0.2) is 0 Å². The number of carboxylic acid groups (broad SMARTS) is 1. The SMILES string of the molecule is CCCCCCCCCC=CNC(=O)[C@@H](O)[C@H](O)[C@@H](O)[C@@H](O)C(=O)[O-].CCCCCCCCCC=C[NH3+]. The van der Waals surface area contributed by atoms with Gasteiger partial charge in [-0.1, -0.05) is 97.0 Å². The summed E-state index contributed by atoms with van der Waals surface area (Å²) in [5, 5.41) is 50.0. The van der Waals surface area contributed by atoms with Gasteiger partial charge in [0.15, 0.2) is 6.10 Å². The average molecular weight is 531 g/mol. The predicted molar refractivity (Wildman–Crippen MR) is 144 cm³/mol. The molecule has 218 valence electrons. The maximum atomic E-state index is 11.6. The summed E-state index contributed by atoms with van der Waals surface area (Å²) in [6.45, 7) is 4.43. The maximum absolute atomic E-state index is 11.6. The van der Waals surface area contributed by atoms with Crippen LogP contribution in [0.5, 0.6) is 0 Å². The maximum Gasteiger partial charge on any atom is 0.255 e. The van der Waals surface area contributed by atoms with E-state index in [9.17, 15) is 30.0 Å². The number of quaternary nitrogens is 1. The number of allylic oxidation sites excluding steroid dienone is 2. The van der Waals surface area contributed by atoms with Crippen LogP contribution in [0.4, 0.5) is 0 Å². The number of carbonyl (C=O) groups is 2. The molecule has 0 bridgehead atoms. The molecule has 0 spiro atoms. The summed E-state index contributed by atoms with van der Waals surface area (Å²) in [5.41, 5.74) is 3.66. The normalized spacial score (nSPS) is 14.7. The fourth-order valence-electron chi connectivity index (χ4n) is 3.53. The summed E-state index contributed by atoms with van der Waals surface area (Å²) >= 11 is 0. The van der Waals surface area contributed by atoms with Crippen molar-refractivity contribution in [3.8, 4) is 0 Å². The first-order valence-corrected chi connectivity index (χ1v) is 14.1. The molecular formula is C28H54N2O7. The molecular weight excluding hydrogens is 476 g/mol. The molecule has 0 fully saturated rings. The molecule has 0 heterocycles. The van der Waals surface area contributed by atoms with Crippen molar-refractivity contribution in [3.05, 3.63) is 24.6 Å². The van der Waals surface area contributed by atoms with Crippen molar-refractivity contribution in [2.45, 2.75) is 141 Å². The number of amides is 1. The van der Waals surface area contributed by atoms with Gasteiger partial charge >= 0.3 is 0 Å². The Kier molecular flexibility index (Phi) is 27.5. The molecule has 9 heteroatoms. The molecule has 0 unspecified atom stereocenters. The number of hydrogen-bond donors (Lipinski definition) is 6. The third-order valence-corrected chi connectivity index (χ3v) is 5.97. The molecule has 4 atom stereocenters. The highest BCUT2D eigenvalue weighted by Gasteiger charge is 2.34. The largest absolute Gasteiger partial charge is 0.547 e. The second kappa shape index (κ2) is 27.3. The number of aliphatic carboxylic acids is 1. The van der Waals surface area contributed by atoms with E-state index in [1.165, 1.54) is 89.7 Å². The minimum Gasteiger partial charge on any atom is -0.547 e. The molecule has 0 aromatic rings. The predicted octanol–water partition coefficient (Wildman–Crippen LogP) is 1.83. The standard InChI is InChI=1S/C17H31NO7.C11H23N/c1-2-3-4-5-6-7-8-9-10-11-18-16(23)14(21)12(19)13(20)15(22)17(24)25;1-2-3-4-5-6-7-8-9-10-11-12/h10-15,19-22H,2-9H2,1H3,(H,18,23)(H,24,25);10-11H,2-9,12H2,1H3/t12-,13-,14+,15-;/m1./s1. The van der Waals surface area contributed by atoms with Crippen LogP contribution in [-0.4, -0.2) is 56.7 Å². The van der Waals surface area contributed by atoms with E-state index >= 15 is 0 Å². The number of unbranched alkanes of at least 4 members (excludes halogenated alkanes) is 14. The number of carboxylic acids is 1. The second-order valence-corrected chi connectivity index (χ2v) is 9.39. The minimum absolute atomic E-state index is 0.749. The summed E-state index contributed by atoms with van der Waals surface area (Å²) < 4.78 is 0. The number of rotatable bonds is 22. The van der Waals surface area contributed by atoms with Crippen molar-refractivity contribution >= 4 is 11.9 Å². The topological polar surface area (TPSA) is 178 Å². The quantitative estimate of drug-likeness (QED) is 0.116. The Morgan fingerprint density at radius 2 is 1.11 bits per heavy atom. The van der Waals surface area contributed by atoms with Crippen molar-refractivity contribution in [2.24, 2.45) is 0 Å². The smallest absolute Gasteiger partial charge is 0.255 e. The van der Waals surface area contributed by atoms with Crippen LogP contribution in [0, 0.1) is 0 Å². The van der Waals surface area contributed by atoms with Crippen LogP contribution in [0.2, 0.25) is 0 Å². The molecule has 0 rings (SSSR count). The van der Waals surface area contributed by atoms with Crippen molar-refractivity contribution in [2.75, 3.05) is 0 Å². The molecule has 0 saturated heterocycles. The first-order chi connectivity index (χ1) is 17.7. The van der Waals surface area contributed by atoms with Gasteiger partial charge in [-0.15, -0.1) is 0 Å². The van der Waals surface area contributed by atoms with Gasteiger partial charge in [-0.05, 0) is 38.0 Å². The van der Waals surface area contributed by atoms with E-state index in [0.29, 0.717) is 0 Å². The van der Waals surface area contributed by atoms with Crippen LogP contribution in [-0.2, 0) is 9.59 Å². The van der Waals surface area contributed by atoms with Crippen LogP contribution in [0.25, 0.3) is 0 Å². The van der Waals surface area contributed by atoms with Gasteiger partial charge in [0.2, 0.25) is 0 Å².